The van der Waals surface area contributed by atoms with E-state index in [9.17, 15) is 10.2 Å². The molecule has 0 bridgehead atoms. The minimum atomic E-state index is -1.22. The highest BCUT2D eigenvalue weighted by Crippen LogP contribution is 2.28. The molecular formula is C16H12Cl2O3. The first-order chi connectivity index (χ1) is 10.1. The van der Waals surface area contributed by atoms with Crippen molar-refractivity contribution in [1.29, 1.82) is 0 Å². The fourth-order valence-corrected chi connectivity index (χ4v) is 1.90. The Hall–Kier alpha value is -1.70. The third-order valence-electron chi connectivity index (χ3n) is 2.64. The molecule has 0 aliphatic heterocycles. The van der Waals surface area contributed by atoms with E-state index in [2.05, 4.69) is 12.0 Å². The summed E-state index contributed by atoms with van der Waals surface area (Å²) in [6.45, 7) is 0. The van der Waals surface area contributed by atoms with Gasteiger partial charge >= 0.3 is 0 Å². The summed E-state index contributed by atoms with van der Waals surface area (Å²) in [5.74, 6) is 3.17. The Morgan fingerprint density at radius 1 is 0.905 bits per heavy atom. The van der Waals surface area contributed by atoms with Gasteiger partial charge in [-0.2, -0.15) is 0 Å². The molecule has 0 heterocycles. The Morgan fingerprint density at radius 2 is 1.48 bits per heavy atom. The summed E-state index contributed by atoms with van der Waals surface area (Å²) in [6, 6.07) is 13.9. The van der Waals surface area contributed by atoms with Crippen molar-refractivity contribution in [2.75, 3.05) is 0 Å². The van der Waals surface area contributed by atoms with Gasteiger partial charge in [0.1, 0.15) is 11.9 Å². The summed E-state index contributed by atoms with van der Waals surface area (Å²) in [5.41, 5.74) is -0.894. The molecule has 0 aliphatic rings. The van der Waals surface area contributed by atoms with Crippen LogP contribution in [0, 0.1) is 12.0 Å². The average Bonchev–Trinajstić information content (AvgIpc) is 2.48. The fraction of sp³-hybridized carbons (Fsp3) is 0.125. The number of aliphatic hydroxyl groups is 2. The van der Waals surface area contributed by atoms with Crippen LogP contribution in [0.3, 0.4) is 0 Å². The zero-order valence-corrected chi connectivity index (χ0v) is 12.3. The second-order valence-electron chi connectivity index (χ2n) is 4.20. The van der Waals surface area contributed by atoms with Gasteiger partial charge in [0.05, 0.1) is 0 Å². The standard InChI is InChI=1S/C16H12Cl2O3/c17-15(19)12-8-13(16(18)20)10-14(9-12)21-7-6-11-4-2-1-3-5-11/h1-5,8-10,15-16,19-20H. The number of aliphatic hydroxyl groups excluding tert-OH is 2. The van der Waals surface area contributed by atoms with Crippen molar-refractivity contribution in [3.63, 3.8) is 0 Å². The van der Waals surface area contributed by atoms with Crippen molar-refractivity contribution < 1.29 is 14.9 Å². The maximum atomic E-state index is 9.41. The van der Waals surface area contributed by atoms with Crippen LogP contribution in [-0.2, 0) is 0 Å². The zero-order chi connectivity index (χ0) is 15.2. The number of hydrogen-bond acceptors (Lipinski definition) is 3. The average molecular weight is 323 g/mol. The smallest absolute Gasteiger partial charge is 0.153 e. The number of halogens is 2. The van der Waals surface area contributed by atoms with Crippen LogP contribution in [0.4, 0.5) is 0 Å². The molecule has 0 radical (unpaired) electrons. The van der Waals surface area contributed by atoms with E-state index < -0.39 is 11.1 Å². The first kappa shape index (κ1) is 15.7. The molecule has 2 rings (SSSR count). The molecule has 0 spiro atoms. The van der Waals surface area contributed by atoms with Gasteiger partial charge in [-0.05, 0) is 47.4 Å². The van der Waals surface area contributed by atoms with E-state index in [1.165, 1.54) is 18.2 Å². The minimum Gasteiger partial charge on any atom is -0.407 e. The summed E-state index contributed by atoms with van der Waals surface area (Å²) in [6.07, 6.45) is 2.55. The Balaban J connectivity index is 2.22. The van der Waals surface area contributed by atoms with E-state index in [0.717, 1.165) is 5.56 Å². The van der Waals surface area contributed by atoms with Gasteiger partial charge in [0.2, 0.25) is 0 Å². The van der Waals surface area contributed by atoms with Crippen molar-refractivity contribution in [2.24, 2.45) is 0 Å². The lowest BCUT2D eigenvalue weighted by Gasteiger charge is -2.10. The van der Waals surface area contributed by atoms with Crippen LogP contribution in [0.2, 0.25) is 0 Å². The van der Waals surface area contributed by atoms with Crippen LogP contribution in [0.5, 0.6) is 5.75 Å². The number of benzene rings is 2. The van der Waals surface area contributed by atoms with Crippen LogP contribution in [-0.4, -0.2) is 10.2 Å². The predicted molar refractivity (Wildman–Crippen MR) is 82.0 cm³/mol. The van der Waals surface area contributed by atoms with E-state index in [0.29, 0.717) is 16.9 Å². The molecule has 0 amide bonds. The molecule has 21 heavy (non-hydrogen) atoms. The van der Waals surface area contributed by atoms with Crippen LogP contribution >= 0.6 is 23.2 Å². The second kappa shape index (κ2) is 7.35. The van der Waals surface area contributed by atoms with Gasteiger partial charge < -0.3 is 14.9 Å². The molecule has 5 heteroatoms. The molecule has 0 saturated heterocycles. The van der Waals surface area contributed by atoms with Crippen molar-refractivity contribution in [3.05, 3.63) is 65.2 Å². The zero-order valence-electron chi connectivity index (χ0n) is 10.8. The van der Waals surface area contributed by atoms with Gasteiger partial charge in [-0.3, -0.25) is 0 Å². The maximum Gasteiger partial charge on any atom is 0.153 e. The monoisotopic (exact) mass is 322 g/mol. The van der Waals surface area contributed by atoms with E-state index >= 15 is 0 Å². The van der Waals surface area contributed by atoms with Gasteiger partial charge in [0.15, 0.2) is 11.1 Å². The highest BCUT2D eigenvalue weighted by Gasteiger charge is 2.11. The Kier molecular flexibility index (Phi) is 5.49. The van der Waals surface area contributed by atoms with Crippen molar-refractivity contribution in [1.82, 2.24) is 0 Å². The third-order valence-corrected chi connectivity index (χ3v) is 3.14. The van der Waals surface area contributed by atoms with E-state index in [1.807, 2.05) is 30.3 Å². The van der Waals surface area contributed by atoms with Crippen LogP contribution < -0.4 is 4.74 Å². The Labute approximate surface area is 132 Å². The molecular weight excluding hydrogens is 311 g/mol. The molecule has 2 atom stereocenters. The van der Waals surface area contributed by atoms with Gasteiger partial charge in [-0.1, -0.05) is 41.4 Å². The SMILES string of the molecule is OC(Cl)c1cc(OC#Cc2ccccc2)cc(C(O)Cl)c1. The van der Waals surface area contributed by atoms with E-state index in [1.54, 1.807) is 0 Å². The third kappa shape index (κ3) is 4.66. The molecule has 2 aromatic carbocycles. The van der Waals surface area contributed by atoms with Gasteiger partial charge in [-0.25, -0.2) is 0 Å². The molecule has 0 fully saturated rings. The Bertz CT molecular complexity index is 632. The number of alkyl halides is 2. The number of ether oxygens (including phenoxy) is 1. The predicted octanol–water partition coefficient (Wildman–Crippen LogP) is 3.53. The molecule has 2 N–H and O–H groups in total. The van der Waals surface area contributed by atoms with Gasteiger partial charge in [0.25, 0.3) is 0 Å². The maximum absolute atomic E-state index is 9.41. The lowest BCUT2D eigenvalue weighted by molar-refractivity contribution is 0.255. The fourth-order valence-electron chi connectivity index (χ4n) is 1.64. The summed E-state index contributed by atoms with van der Waals surface area (Å²) in [4.78, 5) is 0. The van der Waals surface area contributed by atoms with Crippen LogP contribution in [0.15, 0.2) is 48.5 Å². The first-order valence-corrected chi connectivity index (χ1v) is 6.95. The van der Waals surface area contributed by atoms with Crippen molar-refractivity contribution in [2.45, 2.75) is 11.1 Å². The summed E-state index contributed by atoms with van der Waals surface area (Å²) < 4.78 is 5.29. The lowest BCUT2D eigenvalue weighted by Crippen LogP contribution is -1.96. The molecule has 108 valence electrons. The van der Waals surface area contributed by atoms with E-state index in [-0.39, 0.29) is 0 Å². The quantitative estimate of drug-likeness (QED) is 0.671. The van der Waals surface area contributed by atoms with Crippen molar-refractivity contribution in [3.8, 4) is 17.8 Å². The topological polar surface area (TPSA) is 49.7 Å². The summed E-state index contributed by atoms with van der Waals surface area (Å²) in [5, 5.41) is 18.8. The van der Waals surface area contributed by atoms with Gasteiger partial charge in [0, 0.05) is 5.56 Å². The molecule has 2 unspecified atom stereocenters. The second-order valence-corrected chi connectivity index (χ2v) is 5.03. The minimum absolute atomic E-state index is 0.338. The van der Waals surface area contributed by atoms with Crippen LogP contribution in [0.25, 0.3) is 0 Å². The molecule has 2 aromatic rings. The van der Waals surface area contributed by atoms with Crippen molar-refractivity contribution >= 4 is 23.2 Å². The summed E-state index contributed by atoms with van der Waals surface area (Å²) in [7, 11) is 0. The normalized spacial score (nSPS) is 13.0. The number of rotatable bonds is 3. The first-order valence-electron chi connectivity index (χ1n) is 6.08. The van der Waals surface area contributed by atoms with Crippen LogP contribution in [0.1, 0.15) is 27.8 Å². The Morgan fingerprint density at radius 3 is 2.00 bits per heavy atom. The molecule has 0 saturated carbocycles. The number of hydrogen-bond donors (Lipinski definition) is 2. The van der Waals surface area contributed by atoms with E-state index in [4.69, 9.17) is 27.9 Å². The molecule has 0 aliphatic carbocycles. The largest absolute Gasteiger partial charge is 0.407 e. The van der Waals surface area contributed by atoms with Gasteiger partial charge in [-0.15, -0.1) is 0 Å². The molecule has 3 nitrogen and oxygen atoms in total. The highest BCUT2D eigenvalue weighted by atomic mass is 35.5. The highest BCUT2D eigenvalue weighted by molar-refractivity contribution is 6.20. The lowest BCUT2D eigenvalue weighted by atomic mass is 10.1. The summed E-state index contributed by atoms with van der Waals surface area (Å²) >= 11 is 11.2. The molecule has 0 aromatic heterocycles.